The first-order valence-corrected chi connectivity index (χ1v) is 10.2. The molecule has 0 bridgehead atoms. The first kappa shape index (κ1) is 18.1. The van der Waals surface area contributed by atoms with Gasteiger partial charge < -0.3 is 14.5 Å². The summed E-state index contributed by atoms with van der Waals surface area (Å²) >= 11 is 1.95. The number of rotatable bonds is 5. The van der Waals surface area contributed by atoms with Gasteiger partial charge in [-0.25, -0.2) is 0 Å². The molecule has 5 nitrogen and oxygen atoms in total. The minimum Gasteiger partial charge on any atom is -0.482 e. The van der Waals surface area contributed by atoms with Gasteiger partial charge in [0.15, 0.2) is 6.61 Å². The Balaban J connectivity index is 1.61. The quantitative estimate of drug-likeness (QED) is 0.808. The number of likely N-dealkylation sites (tertiary alicyclic amines) is 1. The van der Waals surface area contributed by atoms with Crippen LogP contribution in [-0.2, 0) is 9.59 Å². The molecule has 1 aromatic rings. The van der Waals surface area contributed by atoms with Gasteiger partial charge in [0, 0.05) is 31.3 Å². The minimum atomic E-state index is -0.0817. The smallest absolute Gasteiger partial charge is 0.265 e. The molecule has 2 aliphatic heterocycles. The number of nitrogens with zero attached hydrogens (tertiary/aromatic N) is 2. The van der Waals surface area contributed by atoms with Crippen molar-refractivity contribution in [2.75, 3.05) is 36.9 Å². The van der Waals surface area contributed by atoms with E-state index in [-0.39, 0.29) is 18.4 Å². The first-order chi connectivity index (χ1) is 12.2. The maximum absolute atomic E-state index is 12.7. The molecule has 0 aromatic heterocycles. The fourth-order valence-electron chi connectivity index (χ4n) is 3.47. The second-order valence-electron chi connectivity index (χ2n) is 6.46. The number of carbonyl (C=O) groups is 2. The SMILES string of the molecule is CCSC1CCCCN(C(=O)CCN2C(=O)COc3ccccc32)C1. The van der Waals surface area contributed by atoms with E-state index in [0.29, 0.717) is 24.0 Å². The Hall–Kier alpha value is -1.69. The highest BCUT2D eigenvalue weighted by atomic mass is 32.2. The van der Waals surface area contributed by atoms with Crippen LogP contribution < -0.4 is 9.64 Å². The maximum Gasteiger partial charge on any atom is 0.265 e. The number of hydrogen-bond donors (Lipinski definition) is 0. The van der Waals surface area contributed by atoms with Crippen molar-refractivity contribution in [1.82, 2.24) is 4.90 Å². The van der Waals surface area contributed by atoms with Gasteiger partial charge in [0.1, 0.15) is 5.75 Å². The van der Waals surface area contributed by atoms with E-state index in [1.807, 2.05) is 40.9 Å². The van der Waals surface area contributed by atoms with Gasteiger partial charge in [0.2, 0.25) is 5.91 Å². The van der Waals surface area contributed by atoms with E-state index in [9.17, 15) is 9.59 Å². The standard InChI is InChI=1S/C19H26N2O3S/c1-2-25-15-7-5-6-11-20(13-15)18(22)10-12-21-16-8-3-4-9-17(16)24-14-19(21)23/h3-4,8-9,15H,2,5-7,10-14H2,1H3. The number of amides is 2. The van der Waals surface area contributed by atoms with Crippen LogP contribution in [0.1, 0.15) is 32.6 Å². The van der Waals surface area contributed by atoms with Crippen LogP contribution in [-0.4, -0.2) is 54.0 Å². The highest BCUT2D eigenvalue weighted by molar-refractivity contribution is 7.99. The maximum atomic E-state index is 12.7. The summed E-state index contributed by atoms with van der Waals surface area (Å²) in [6, 6.07) is 7.51. The predicted molar refractivity (Wildman–Crippen MR) is 101 cm³/mol. The van der Waals surface area contributed by atoms with Crippen LogP contribution in [0.3, 0.4) is 0 Å². The minimum absolute atomic E-state index is 0.0458. The van der Waals surface area contributed by atoms with Gasteiger partial charge >= 0.3 is 0 Å². The molecule has 3 rings (SSSR count). The topological polar surface area (TPSA) is 49.9 Å². The lowest BCUT2D eigenvalue weighted by atomic mass is 10.2. The molecule has 1 atom stereocenters. The highest BCUT2D eigenvalue weighted by Crippen LogP contribution is 2.31. The van der Waals surface area contributed by atoms with Gasteiger partial charge in [-0.15, -0.1) is 0 Å². The van der Waals surface area contributed by atoms with Crippen molar-refractivity contribution in [3.63, 3.8) is 0 Å². The van der Waals surface area contributed by atoms with Gasteiger partial charge in [-0.1, -0.05) is 25.5 Å². The number of benzene rings is 1. The third kappa shape index (κ3) is 4.48. The predicted octanol–water partition coefficient (Wildman–Crippen LogP) is 2.94. The molecule has 1 unspecified atom stereocenters. The number of anilines is 1. The van der Waals surface area contributed by atoms with Crippen LogP contribution >= 0.6 is 11.8 Å². The van der Waals surface area contributed by atoms with Crippen LogP contribution in [0.25, 0.3) is 0 Å². The average molecular weight is 362 g/mol. The Morgan fingerprint density at radius 3 is 3.00 bits per heavy atom. The summed E-state index contributed by atoms with van der Waals surface area (Å²) in [7, 11) is 0. The zero-order chi connectivity index (χ0) is 17.6. The molecule has 136 valence electrons. The lowest BCUT2D eigenvalue weighted by Gasteiger charge is -2.30. The van der Waals surface area contributed by atoms with Crippen LogP contribution in [0.4, 0.5) is 5.69 Å². The van der Waals surface area contributed by atoms with Crippen LogP contribution in [0.5, 0.6) is 5.75 Å². The summed E-state index contributed by atoms with van der Waals surface area (Å²) in [4.78, 5) is 28.6. The van der Waals surface area contributed by atoms with E-state index in [1.54, 1.807) is 4.90 Å². The van der Waals surface area contributed by atoms with Crippen molar-refractivity contribution < 1.29 is 14.3 Å². The summed E-state index contributed by atoms with van der Waals surface area (Å²) in [6.07, 6.45) is 3.82. The number of hydrogen-bond acceptors (Lipinski definition) is 4. The summed E-state index contributed by atoms with van der Waals surface area (Å²) in [6.45, 7) is 4.31. The zero-order valence-electron chi connectivity index (χ0n) is 14.8. The van der Waals surface area contributed by atoms with E-state index in [1.165, 1.54) is 12.8 Å². The van der Waals surface area contributed by atoms with Gasteiger partial charge in [0.05, 0.1) is 5.69 Å². The fraction of sp³-hybridized carbons (Fsp3) is 0.579. The molecule has 1 aromatic carbocycles. The molecule has 6 heteroatoms. The number of ether oxygens (including phenoxy) is 1. The zero-order valence-corrected chi connectivity index (χ0v) is 15.6. The number of fused-ring (bicyclic) bond motifs is 1. The highest BCUT2D eigenvalue weighted by Gasteiger charge is 2.27. The van der Waals surface area contributed by atoms with Gasteiger partial charge in [0.25, 0.3) is 5.91 Å². The number of thioether (sulfide) groups is 1. The van der Waals surface area contributed by atoms with Crippen molar-refractivity contribution in [1.29, 1.82) is 0 Å². The van der Waals surface area contributed by atoms with Crippen molar-refractivity contribution in [2.24, 2.45) is 0 Å². The van der Waals surface area contributed by atoms with Crippen molar-refractivity contribution in [3.8, 4) is 5.75 Å². The van der Waals surface area contributed by atoms with Crippen LogP contribution in [0, 0.1) is 0 Å². The summed E-state index contributed by atoms with van der Waals surface area (Å²) in [5.74, 6) is 1.87. The molecule has 0 spiro atoms. The van der Waals surface area contributed by atoms with Crippen molar-refractivity contribution in [3.05, 3.63) is 24.3 Å². The Morgan fingerprint density at radius 1 is 1.32 bits per heavy atom. The van der Waals surface area contributed by atoms with E-state index < -0.39 is 0 Å². The summed E-state index contributed by atoms with van der Waals surface area (Å²) < 4.78 is 5.46. The Morgan fingerprint density at radius 2 is 2.16 bits per heavy atom. The Labute approximate surface area is 153 Å². The van der Waals surface area contributed by atoms with Gasteiger partial charge in [-0.3, -0.25) is 9.59 Å². The molecule has 1 fully saturated rings. The lowest BCUT2D eigenvalue weighted by molar-refractivity contribution is -0.131. The van der Waals surface area contributed by atoms with E-state index in [0.717, 1.165) is 31.0 Å². The van der Waals surface area contributed by atoms with Crippen LogP contribution in [0.15, 0.2) is 24.3 Å². The number of para-hydroxylation sites is 2. The summed E-state index contributed by atoms with van der Waals surface area (Å²) in [5, 5.41) is 0.544. The molecule has 25 heavy (non-hydrogen) atoms. The van der Waals surface area contributed by atoms with Crippen molar-refractivity contribution >= 4 is 29.3 Å². The second kappa shape index (κ2) is 8.61. The second-order valence-corrected chi connectivity index (χ2v) is 8.04. The molecule has 1 saturated heterocycles. The third-order valence-electron chi connectivity index (χ3n) is 4.74. The number of carbonyl (C=O) groups excluding carboxylic acids is 2. The van der Waals surface area contributed by atoms with Crippen molar-refractivity contribution in [2.45, 2.75) is 37.9 Å². The molecule has 2 aliphatic rings. The van der Waals surface area contributed by atoms with E-state index in [4.69, 9.17) is 4.74 Å². The molecule has 0 N–H and O–H groups in total. The Bertz CT molecular complexity index is 622. The average Bonchev–Trinajstić information content (AvgIpc) is 2.87. The van der Waals surface area contributed by atoms with E-state index >= 15 is 0 Å². The first-order valence-electron chi connectivity index (χ1n) is 9.10. The molecular weight excluding hydrogens is 336 g/mol. The molecule has 2 amide bonds. The Kier molecular flexibility index (Phi) is 6.24. The third-order valence-corrected chi connectivity index (χ3v) is 5.93. The fourth-order valence-corrected chi connectivity index (χ4v) is 4.56. The van der Waals surface area contributed by atoms with Gasteiger partial charge in [-0.05, 0) is 30.7 Å². The molecule has 0 radical (unpaired) electrons. The largest absolute Gasteiger partial charge is 0.482 e. The van der Waals surface area contributed by atoms with Crippen LogP contribution in [0.2, 0.25) is 0 Å². The lowest BCUT2D eigenvalue weighted by Crippen LogP contribution is -2.42. The van der Waals surface area contributed by atoms with E-state index in [2.05, 4.69) is 6.92 Å². The normalized spacial score (nSPS) is 20.7. The molecule has 2 heterocycles. The summed E-state index contributed by atoms with van der Waals surface area (Å²) in [5.41, 5.74) is 0.766. The molecular formula is C19H26N2O3S. The molecule has 0 saturated carbocycles. The molecule has 0 aliphatic carbocycles. The monoisotopic (exact) mass is 362 g/mol. The van der Waals surface area contributed by atoms with Gasteiger partial charge in [-0.2, -0.15) is 11.8 Å².